The van der Waals surface area contributed by atoms with Gasteiger partial charge in [0, 0.05) is 24.3 Å². The molecule has 0 bridgehead atoms. The summed E-state index contributed by atoms with van der Waals surface area (Å²) in [5.41, 5.74) is 0.779. The van der Waals surface area contributed by atoms with Gasteiger partial charge in [-0.15, -0.1) is 11.3 Å². The van der Waals surface area contributed by atoms with Crippen LogP contribution in [-0.2, 0) is 10.0 Å². The van der Waals surface area contributed by atoms with Gasteiger partial charge in [-0.1, -0.05) is 0 Å². The van der Waals surface area contributed by atoms with Crippen LogP contribution in [0.25, 0.3) is 0 Å². The first-order valence-corrected chi connectivity index (χ1v) is 9.23. The van der Waals surface area contributed by atoms with Crippen molar-refractivity contribution in [2.24, 2.45) is 0 Å². The molecule has 0 aromatic carbocycles. The van der Waals surface area contributed by atoms with Crippen LogP contribution in [0.15, 0.2) is 23.8 Å². The van der Waals surface area contributed by atoms with Crippen molar-refractivity contribution in [3.05, 3.63) is 29.5 Å². The molecule has 0 spiro atoms. The van der Waals surface area contributed by atoms with Crippen LogP contribution in [-0.4, -0.2) is 40.5 Å². The highest BCUT2D eigenvalue weighted by Gasteiger charge is 2.34. The zero-order chi connectivity index (χ0) is 14.9. The smallest absolute Gasteiger partial charge is 0.228 e. The van der Waals surface area contributed by atoms with E-state index >= 15 is 0 Å². The third-order valence-corrected chi connectivity index (χ3v) is 5.34. The van der Waals surface area contributed by atoms with Crippen LogP contribution in [0.5, 0.6) is 0 Å². The zero-order valence-corrected chi connectivity index (χ0v) is 13.1. The lowest BCUT2D eigenvalue weighted by molar-refractivity contribution is 0.395. The van der Waals surface area contributed by atoms with Crippen molar-refractivity contribution in [1.82, 2.24) is 19.3 Å². The number of thiazole rings is 1. The Morgan fingerprint density at radius 1 is 1.38 bits per heavy atom. The first-order chi connectivity index (χ1) is 10.0. The van der Waals surface area contributed by atoms with E-state index in [1.807, 2.05) is 5.38 Å². The lowest BCUT2D eigenvalue weighted by atomic mass is 10.2. The second-order valence-corrected chi connectivity index (χ2v) is 7.60. The van der Waals surface area contributed by atoms with Crippen LogP contribution < -0.4 is 5.32 Å². The minimum Gasteiger partial charge on any atom is -0.300 e. The van der Waals surface area contributed by atoms with Gasteiger partial charge in [0.2, 0.25) is 16.0 Å². The van der Waals surface area contributed by atoms with E-state index in [4.69, 9.17) is 0 Å². The highest BCUT2D eigenvalue weighted by atomic mass is 32.2. The number of aromatic nitrogens is 3. The molecule has 0 saturated carbocycles. The highest BCUT2D eigenvalue weighted by molar-refractivity contribution is 7.88. The van der Waals surface area contributed by atoms with E-state index < -0.39 is 10.0 Å². The number of hydrogen-bond donors (Lipinski definition) is 1. The number of sulfonamides is 1. The van der Waals surface area contributed by atoms with Gasteiger partial charge >= 0.3 is 0 Å². The van der Waals surface area contributed by atoms with E-state index in [2.05, 4.69) is 20.3 Å². The number of nitrogens with one attached hydrogen (secondary N) is 1. The molecule has 1 aliphatic heterocycles. The molecule has 0 unspecified atom stereocenters. The molecule has 0 radical (unpaired) electrons. The minimum atomic E-state index is -3.20. The van der Waals surface area contributed by atoms with Crippen LogP contribution in [0.3, 0.4) is 0 Å². The molecule has 2 aromatic rings. The lowest BCUT2D eigenvalue weighted by Crippen LogP contribution is -2.29. The molecule has 1 aliphatic rings. The standard InChI is InChI=1S/C12H15N5O2S2/c1-21(18,19)17-7-2-4-10(17)9-8-20-12(15-9)16-11-13-5-3-6-14-11/h3,5-6,8,10H,2,4,7H2,1H3,(H,13,14,15,16)/t10-/m1/s1. The summed E-state index contributed by atoms with van der Waals surface area (Å²) in [6.07, 6.45) is 6.20. The fourth-order valence-corrected chi connectivity index (χ4v) is 4.28. The average molecular weight is 325 g/mol. The van der Waals surface area contributed by atoms with Crippen molar-refractivity contribution < 1.29 is 8.42 Å². The van der Waals surface area contributed by atoms with Crippen molar-refractivity contribution in [1.29, 1.82) is 0 Å². The molecule has 0 aliphatic carbocycles. The molecule has 1 atom stereocenters. The topological polar surface area (TPSA) is 88.1 Å². The van der Waals surface area contributed by atoms with Gasteiger partial charge in [0.05, 0.1) is 18.0 Å². The minimum absolute atomic E-state index is 0.163. The maximum atomic E-state index is 11.8. The third kappa shape index (κ3) is 3.20. The van der Waals surface area contributed by atoms with Gasteiger partial charge in [0.1, 0.15) is 0 Å². The van der Waals surface area contributed by atoms with E-state index in [-0.39, 0.29) is 6.04 Å². The average Bonchev–Trinajstić information content (AvgIpc) is 3.07. The summed E-state index contributed by atoms with van der Waals surface area (Å²) >= 11 is 1.42. The Hall–Kier alpha value is -1.58. The lowest BCUT2D eigenvalue weighted by Gasteiger charge is -2.20. The monoisotopic (exact) mass is 325 g/mol. The Bertz CT molecular complexity index is 716. The first-order valence-electron chi connectivity index (χ1n) is 6.50. The summed E-state index contributed by atoms with van der Waals surface area (Å²) < 4.78 is 25.1. The molecule has 21 heavy (non-hydrogen) atoms. The van der Waals surface area contributed by atoms with E-state index in [1.54, 1.807) is 18.5 Å². The maximum absolute atomic E-state index is 11.8. The molecule has 1 N–H and O–H groups in total. The molecule has 3 rings (SSSR count). The molecule has 7 nitrogen and oxygen atoms in total. The number of anilines is 2. The summed E-state index contributed by atoms with van der Waals surface area (Å²) in [4.78, 5) is 12.6. The quantitative estimate of drug-likeness (QED) is 0.922. The van der Waals surface area contributed by atoms with Crippen LogP contribution in [0.4, 0.5) is 11.1 Å². The summed E-state index contributed by atoms with van der Waals surface area (Å²) in [5.74, 6) is 0.477. The van der Waals surface area contributed by atoms with E-state index in [9.17, 15) is 8.42 Å². The third-order valence-electron chi connectivity index (χ3n) is 3.28. The van der Waals surface area contributed by atoms with Gasteiger partial charge in [-0.05, 0) is 18.9 Å². The number of hydrogen-bond acceptors (Lipinski definition) is 7. The summed E-state index contributed by atoms with van der Waals surface area (Å²) in [7, 11) is -3.20. The molecule has 2 aromatic heterocycles. The predicted molar refractivity (Wildman–Crippen MR) is 81.0 cm³/mol. The van der Waals surface area contributed by atoms with Crippen LogP contribution >= 0.6 is 11.3 Å². The van der Waals surface area contributed by atoms with Crippen molar-refractivity contribution in [2.45, 2.75) is 18.9 Å². The molecule has 9 heteroatoms. The zero-order valence-electron chi connectivity index (χ0n) is 11.4. The Labute approximate surface area is 127 Å². The van der Waals surface area contributed by atoms with Crippen molar-refractivity contribution >= 4 is 32.4 Å². The van der Waals surface area contributed by atoms with Crippen molar-refractivity contribution in [3.8, 4) is 0 Å². The molecule has 1 saturated heterocycles. The molecule has 0 amide bonds. The molecular weight excluding hydrogens is 310 g/mol. The molecule has 112 valence electrons. The summed E-state index contributed by atoms with van der Waals surface area (Å²) in [6.45, 7) is 0.561. The Morgan fingerprint density at radius 3 is 2.86 bits per heavy atom. The molecule has 1 fully saturated rings. The second kappa shape index (κ2) is 5.66. The van der Waals surface area contributed by atoms with Gasteiger partial charge in [0.25, 0.3) is 0 Å². The fraction of sp³-hybridized carbons (Fsp3) is 0.417. The number of nitrogens with zero attached hydrogens (tertiary/aromatic N) is 4. The van der Waals surface area contributed by atoms with Crippen LogP contribution in [0, 0.1) is 0 Å². The number of rotatable bonds is 4. The largest absolute Gasteiger partial charge is 0.300 e. The highest BCUT2D eigenvalue weighted by Crippen LogP contribution is 2.35. The Balaban J connectivity index is 1.79. The fourth-order valence-electron chi connectivity index (χ4n) is 2.39. The van der Waals surface area contributed by atoms with E-state index in [0.717, 1.165) is 18.5 Å². The first kappa shape index (κ1) is 14.4. The van der Waals surface area contributed by atoms with Crippen LogP contribution in [0.2, 0.25) is 0 Å². The molecular formula is C12H15N5O2S2. The van der Waals surface area contributed by atoms with Crippen molar-refractivity contribution in [3.63, 3.8) is 0 Å². The Kier molecular flexibility index (Phi) is 3.87. The predicted octanol–water partition coefficient (Wildman–Crippen LogP) is 1.77. The van der Waals surface area contributed by atoms with E-state index in [0.29, 0.717) is 17.6 Å². The van der Waals surface area contributed by atoms with Crippen LogP contribution in [0.1, 0.15) is 24.6 Å². The normalized spacial score (nSPS) is 19.8. The molecule has 3 heterocycles. The van der Waals surface area contributed by atoms with E-state index in [1.165, 1.54) is 21.9 Å². The van der Waals surface area contributed by atoms with Gasteiger partial charge < -0.3 is 5.32 Å². The van der Waals surface area contributed by atoms with Gasteiger partial charge in [-0.25, -0.2) is 23.4 Å². The van der Waals surface area contributed by atoms with Crippen molar-refractivity contribution in [2.75, 3.05) is 18.1 Å². The maximum Gasteiger partial charge on any atom is 0.228 e. The SMILES string of the molecule is CS(=O)(=O)N1CCC[C@@H]1c1csc(Nc2ncccn2)n1. The summed E-state index contributed by atoms with van der Waals surface area (Å²) in [5, 5.41) is 5.57. The van der Waals surface area contributed by atoms with Gasteiger partial charge in [-0.2, -0.15) is 4.31 Å². The second-order valence-electron chi connectivity index (χ2n) is 4.81. The van der Waals surface area contributed by atoms with Gasteiger partial charge in [0.15, 0.2) is 5.13 Å². The summed E-state index contributed by atoms with van der Waals surface area (Å²) in [6, 6.07) is 1.57. The Morgan fingerprint density at radius 2 is 2.14 bits per heavy atom. The van der Waals surface area contributed by atoms with Gasteiger partial charge in [-0.3, -0.25) is 0 Å².